The first kappa shape index (κ1) is 18.6. The molecule has 1 unspecified atom stereocenters. The van der Waals surface area contributed by atoms with E-state index in [1.54, 1.807) is 18.2 Å². The van der Waals surface area contributed by atoms with Gasteiger partial charge < -0.3 is 4.90 Å². The summed E-state index contributed by atoms with van der Waals surface area (Å²) in [6.45, 7) is 2.84. The Balaban J connectivity index is 1.83. The second-order valence-electron chi connectivity index (χ2n) is 6.31. The van der Waals surface area contributed by atoms with E-state index in [9.17, 15) is 4.79 Å². The Kier molecular flexibility index (Phi) is 5.98. The molecule has 25 heavy (non-hydrogen) atoms. The van der Waals surface area contributed by atoms with Gasteiger partial charge in [0.1, 0.15) is 0 Å². The molecule has 2 nitrogen and oxygen atoms in total. The van der Waals surface area contributed by atoms with E-state index in [0.717, 1.165) is 18.7 Å². The Bertz CT molecular complexity index is 773. The fourth-order valence-electron chi connectivity index (χ4n) is 3.53. The van der Waals surface area contributed by atoms with Crippen molar-refractivity contribution in [3.63, 3.8) is 0 Å². The summed E-state index contributed by atoms with van der Waals surface area (Å²) in [6, 6.07) is 11.9. The van der Waals surface area contributed by atoms with Crippen LogP contribution in [0.25, 0.3) is 0 Å². The molecule has 0 N–H and O–H groups in total. The van der Waals surface area contributed by atoms with Gasteiger partial charge in [0.25, 0.3) is 0 Å². The highest BCUT2D eigenvalue weighted by Crippen LogP contribution is 2.34. The van der Waals surface area contributed by atoms with E-state index in [1.807, 2.05) is 16.7 Å². The molecule has 0 saturated carbocycles. The van der Waals surface area contributed by atoms with Gasteiger partial charge in [0, 0.05) is 22.3 Å². The number of nitrogens with zero attached hydrogens (tertiary/aromatic N) is 1. The third kappa shape index (κ3) is 3.84. The molecule has 2 aromatic rings. The maximum Gasteiger partial charge on any atom is 0.227 e. The number of fused-ring (bicyclic) bond motifs is 1. The fraction of sp³-hybridized carbons (Fsp3) is 0.350. The molecule has 2 aromatic carbocycles. The molecule has 0 aliphatic carbocycles. The van der Waals surface area contributed by atoms with Crippen molar-refractivity contribution in [3.8, 4) is 0 Å². The van der Waals surface area contributed by atoms with Crippen molar-refractivity contribution in [2.24, 2.45) is 0 Å². The van der Waals surface area contributed by atoms with Crippen molar-refractivity contribution < 1.29 is 4.79 Å². The van der Waals surface area contributed by atoms with E-state index in [4.69, 9.17) is 23.2 Å². The number of thioether (sulfide) groups is 1. The minimum atomic E-state index is 0.0688. The maximum atomic E-state index is 12.9. The predicted octanol–water partition coefficient (Wildman–Crippen LogP) is 5.54. The van der Waals surface area contributed by atoms with Gasteiger partial charge in [-0.3, -0.25) is 4.79 Å². The molecule has 1 atom stereocenters. The molecule has 0 aromatic heterocycles. The highest BCUT2D eigenvalue weighted by Gasteiger charge is 2.29. The second kappa shape index (κ2) is 8.03. The van der Waals surface area contributed by atoms with Crippen LogP contribution in [-0.4, -0.2) is 23.6 Å². The van der Waals surface area contributed by atoms with Crippen LogP contribution in [0.15, 0.2) is 36.4 Å². The Labute approximate surface area is 163 Å². The lowest BCUT2D eigenvalue weighted by Gasteiger charge is -2.36. The molecule has 1 aliphatic heterocycles. The van der Waals surface area contributed by atoms with Crippen molar-refractivity contribution in [1.82, 2.24) is 4.90 Å². The van der Waals surface area contributed by atoms with Gasteiger partial charge in [-0.2, -0.15) is 11.8 Å². The topological polar surface area (TPSA) is 20.3 Å². The first-order chi connectivity index (χ1) is 12.0. The molecule has 3 rings (SSSR count). The molecule has 1 aliphatic rings. The van der Waals surface area contributed by atoms with Gasteiger partial charge in [-0.05, 0) is 54.0 Å². The summed E-state index contributed by atoms with van der Waals surface area (Å²) in [5, 5.41) is 1.10. The van der Waals surface area contributed by atoms with Gasteiger partial charge in [-0.25, -0.2) is 0 Å². The Morgan fingerprint density at radius 3 is 2.56 bits per heavy atom. The van der Waals surface area contributed by atoms with Gasteiger partial charge in [0.15, 0.2) is 0 Å². The molecule has 0 spiro atoms. The van der Waals surface area contributed by atoms with Crippen LogP contribution in [0.5, 0.6) is 0 Å². The smallest absolute Gasteiger partial charge is 0.227 e. The molecule has 0 saturated heterocycles. The lowest BCUT2D eigenvalue weighted by molar-refractivity contribution is -0.133. The van der Waals surface area contributed by atoms with Crippen LogP contribution in [0.2, 0.25) is 10.0 Å². The number of carbonyl (C=O) groups excluding carboxylic acids is 1. The summed E-state index contributed by atoms with van der Waals surface area (Å²) < 4.78 is 0. The average molecular weight is 394 g/mol. The number of amides is 1. The van der Waals surface area contributed by atoms with E-state index >= 15 is 0 Å². The fourth-order valence-corrected chi connectivity index (χ4v) is 4.64. The van der Waals surface area contributed by atoms with Gasteiger partial charge in [-0.1, -0.05) is 47.5 Å². The van der Waals surface area contributed by atoms with E-state index in [-0.39, 0.29) is 18.4 Å². The Morgan fingerprint density at radius 1 is 1.20 bits per heavy atom. The van der Waals surface area contributed by atoms with Crippen molar-refractivity contribution in [1.29, 1.82) is 0 Å². The van der Waals surface area contributed by atoms with Crippen LogP contribution < -0.4 is 0 Å². The van der Waals surface area contributed by atoms with Crippen LogP contribution in [0.4, 0.5) is 0 Å². The average Bonchev–Trinajstić information content (AvgIpc) is 2.59. The highest BCUT2D eigenvalue weighted by atomic mass is 35.5. The van der Waals surface area contributed by atoms with E-state index in [0.29, 0.717) is 15.6 Å². The molecule has 1 heterocycles. The minimum Gasteiger partial charge on any atom is -0.335 e. The predicted molar refractivity (Wildman–Crippen MR) is 108 cm³/mol. The zero-order valence-corrected chi connectivity index (χ0v) is 16.7. The first-order valence-electron chi connectivity index (χ1n) is 8.35. The van der Waals surface area contributed by atoms with E-state index in [2.05, 4.69) is 31.4 Å². The highest BCUT2D eigenvalue weighted by molar-refractivity contribution is 7.97. The van der Waals surface area contributed by atoms with Crippen LogP contribution in [0.1, 0.15) is 35.2 Å². The number of hydrogen-bond donors (Lipinski definition) is 0. The molecular weight excluding hydrogens is 373 g/mol. The number of benzene rings is 2. The standard InChI is InChI=1S/C20H21Cl2NOS/c1-13-15-6-3-5-14(12-25-2)16(15)9-10-23(13)20(24)11-17-18(21)7-4-8-19(17)22/h3-8,13H,9-12H2,1-2H3. The zero-order chi connectivity index (χ0) is 18.0. The maximum absolute atomic E-state index is 12.9. The summed E-state index contributed by atoms with van der Waals surface area (Å²) in [5.74, 6) is 1.09. The lowest BCUT2D eigenvalue weighted by atomic mass is 9.90. The van der Waals surface area contributed by atoms with Crippen LogP contribution >= 0.6 is 35.0 Å². The number of rotatable bonds is 4. The number of carbonyl (C=O) groups is 1. The van der Waals surface area contributed by atoms with Crippen LogP contribution in [-0.2, 0) is 23.4 Å². The summed E-state index contributed by atoms with van der Waals surface area (Å²) >= 11 is 14.3. The quantitative estimate of drug-likeness (QED) is 0.678. The van der Waals surface area contributed by atoms with Crippen molar-refractivity contribution >= 4 is 40.9 Å². The Morgan fingerprint density at radius 2 is 1.88 bits per heavy atom. The molecule has 132 valence electrons. The van der Waals surface area contributed by atoms with E-state index < -0.39 is 0 Å². The van der Waals surface area contributed by atoms with Crippen molar-refractivity contribution in [2.45, 2.75) is 31.6 Å². The van der Waals surface area contributed by atoms with Crippen molar-refractivity contribution in [2.75, 3.05) is 12.8 Å². The molecule has 1 amide bonds. The van der Waals surface area contributed by atoms with Crippen LogP contribution in [0.3, 0.4) is 0 Å². The number of hydrogen-bond acceptors (Lipinski definition) is 2. The largest absolute Gasteiger partial charge is 0.335 e. The van der Waals surface area contributed by atoms with E-state index in [1.165, 1.54) is 16.7 Å². The summed E-state index contributed by atoms with van der Waals surface area (Å²) in [5.41, 5.74) is 4.77. The van der Waals surface area contributed by atoms with Gasteiger partial charge in [-0.15, -0.1) is 0 Å². The molecule has 0 bridgehead atoms. The SMILES string of the molecule is CSCc1cccc2c1CCN(C(=O)Cc1c(Cl)cccc1Cl)C2C. The van der Waals surface area contributed by atoms with Gasteiger partial charge in [0.2, 0.25) is 5.91 Å². The lowest BCUT2D eigenvalue weighted by Crippen LogP contribution is -2.40. The monoisotopic (exact) mass is 393 g/mol. The summed E-state index contributed by atoms with van der Waals surface area (Å²) in [6.07, 6.45) is 3.26. The first-order valence-corrected chi connectivity index (χ1v) is 10.5. The third-order valence-electron chi connectivity index (χ3n) is 4.84. The molecular formula is C20H21Cl2NOS. The molecule has 0 radical (unpaired) electrons. The molecule has 0 fully saturated rings. The third-order valence-corrected chi connectivity index (χ3v) is 6.15. The second-order valence-corrected chi connectivity index (χ2v) is 7.99. The van der Waals surface area contributed by atoms with Crippen molar-refractivity contribution in [3.05, 3.63) is 68.7 Å². The molecule has 5 heteroatoms. The number of halogens is 2. The normalized spacial score (nSPS) is 16.6. The summed E-state index contributed by atoms with van der Waals surface area (Å²) in [7, 11) is 0. The van der Waals surface area contributed by atoms with Gasteiger partial charge >= 0.3 is 0 Å². The minimum absolute atomic E-state index is 0.0688. The Hall–Kier alpha value is -1.16. The summed E-state index contributed by atoms with van der Waals surface area (Å²) in [4.78, 5) is 14.9. The van der Waals surface area contributed by atoms with Crippen LogP contribution in [0, 0.1) is 0 Å². The zero-order valence-electron chi connectivity index (χ0n) is 14.4. The van der Waals surface area contributed by atoms with Gasteiger partial charge in [0.05, 0.1) is 12.5 Å².